The van der Waals surface area contributed by atoms with Crippen LogP contribution < -0.4 is 0 Å². The molecule has 4 heteroatoms. The molecule has 4 nitrogen and oxygen atoms in total. The molecule has 16 heavy (non-hydrogen) atoms. The van der Waals surface area contributed by atoms with Gasteiger partial charge in [-0.25, -0.2) is 0 Å². The second-order valence-electron chi connectivity index (χ2n) is 4.61. The maximum Gasteiger partial charge on any atom is 0.224 e. The number of hydrogen-bond donors (Lipinski definition) is 0. The van der Waals surface area contributed by atoms with E-state index < -0.39 is 0 Å². The van der Waals surface area contributed by atoms with Crippen molar-refractivity contribution in [3.05, 3.63) is 0 Å². The van der Waals surface area contributed by atoms with Crippen molar-refractivity contribution in [2.45, 2.75) is 32.7 Å². The van der Waals surface area contributed by atoms with Gasteiger partial charge in [-0.05, 0) is 20.4 Å². The van der Waals surface area contributed by atoms with E-state index in [4.69, 9.17) is 5.26 Å². The number of nitriles is 1. The van der Waals surface area contributed by atoms with Crippen LogP contribution in [0.5, 0.6) is 0 Å². The number of carbonyl (C=O) groups is 1. The Morgan fingerprint density at radius 3 is 2.88 bits per heavy atom. The Morgan fingerprint density at radius 2 is 2.38 bits per heavy atom. The second kappa shape index (κ2) is 5.86. The van der Waals surface area contributed by atoms with E-state index in [1.807, 2.05) is 4.90 Å². The van der Waals surface area contributed by atoms with Gasteiger partial charge in [0, 0.05) is 32.1 Å². The molecule has 2 atom stereocenters. The van der Waals surface area contributed by atoms with E-state index >= 15 is 0 Å². The molecule has 1 fully saturated rings. The molecule has 0 aliphatic carbocycles. The summed E-state index contributed by atoms with van der Waals surface area (Å²) in [5.41, 5.74) is 0. The summed E-state index contributed by atoms with van der Waals surface area (Å²) in [6, 6.07) is 2.72. The Hall–Kier alpha value is -1.08. The first-order chi connectivity index (χ1) is 7.58. The van der Waals surface area contributed by atoms with Gasteiger partial charge in [0.25, 0.3) is 0 Å². The van der Waals surface area contributed by atoms with Crippen molar-refractivity contribution in [2.24, 2.45) is 5.92 Å². The molecule has 0 aromatic heterocycles. The van der Waals surface area contributed by atoms with Gasteiger partial charge in [-0.2, -0.15) is 5.26 Å². The summed E-state index contributed by atoms with van der Waals surface area (Å²) >= 11 is 0. The highest BCUT2D eigenvalue weighted by Crippen LogP contribution is 2.16. The van der Waals surface area contributed by atoms with E-state index in [1.54, 1.807) is 0 Å². The van der Waals surface area contributed by atoms with Crippen LogP contribution in [-0.4, -0.2) is 48.4 Å². The molecular formula is C12H21N3O. The summed E-state index contributed by atoms with van der Waals surface area (Å²) in [5.74, 6) is 0.0329. The largest absolute Gasteiger partial charge is 0.340 e. The van der Waals surface area contributed by atoms with E-state index in [-0.39, 0.29) is 11.8 Å². The fraction of sp³-hybridized carbons (Fsp3) is 0.833. The fourth-order valence-electron chi connectivity index (χ4n) is 1.89. The molecule has 1 aliphatic rings. The van der Waals surface area contributed by atoms with Crippen molar-refractivity contribution in [3.63, 3.8) is 0 Å². The number of amides is 1. The Kier molecular flexibility index (Phi) is 4.75. The first-order valence-electron chi connectivity index (χ1n) is 5.96. The number of nitrogens with zero attached hydrogens (tertiary/aromatic N) is 3. The van der Waals surface area contributed by atoms with Crippen molar-refractivity contribution in [1.82, 2.24) is 9.80 Å². The van der Waals surface area contributed by atoms with Crippen LogP contribution >= 0.6 is 0 Å². The lowest BCUT2D eigenvalue weighted by molar-refractivity contribution is -0.127. The summed E-state index contributed by atoms with van der Waals surface area (Å²) < 4.78 is 0. The number of hydrogen-bond acceptors (Lipinski definition) is 3. The van der Waals surface area contributed by atoms with E-state index in [2.05, 4.69) is 31.9 Å². The van der Waals surface area contributed by atoms with Crippen LogP contribution in [-0.2, 0) is 4.79 Å². The van der Waals surface area contributed by atoms with Crippen LogP contribution in [0.4, 0.5) is 0 Å². The highest BCUT2D eigenvalue weighted by atomic mass is 16.2. The monoisotopic (exact) mass is 223 g/mol. The number of likely N-dealkylation sites (tertiary alicyclic amines) is 1. The number of rotatable bonds is 5. The summed E-state index contributed by atoms with van der Waals surface area (Å²) in [5, 5.41) is 8.77. The van der Waals surface area contributed by atoms with Crippen LogP contribution in [0.1, 0.15) is 26.7 Å². The third-order valence-corrected chi connectivity index (χ3v) is 3.46. The normalized spacial score (nSPS) is 22.6. The van der Waals surface area contributed by atoms with Gasteiger partial charge < -0.3 is 9.80 Å². The average Bonchev–Trinajstić information content (AvgIpc) is 2.65. The highest BCUT2D eigenvalue weighted by molar-refractivity contribution is 5.79. The molecule has 1 amide bonds. The lowest BCUT2D eigenvalue weighted by atomic mass is 10.1. The van der Waals surface area contributed by atoms with E-state index in [9.17, 15) is 4.79 Å². The van der Waals surface area contributed by atoms with Gasteiger partial charge in [0.2, 0.25) is 5.91 Å². The van der Waals surface area contributed by atoms with Crippen molar-refractivity contribution in [2.75, 3.05) is 26.7 Å². The predicted octanol–water partition coefficient (Wildman–Crippen LogP) is 1.09. The zero-order valence-corrected chi connectivity index (χ0v) is 10.4. The Balaban J connectivity index is 2.34. The molecule has 0 N–H and O–H groups in total. The SMILES string of the molecule is CCC(C)N(C)CCN1CC(C#N)CC1=O. The van der Waals surface area contributed by atoms with Gasteiger partial charge in [-0.3, -0.25) is 4.79 Å². The summed E-state index contributed by atoms with van der Waals surface area (Å²) in [6.45, 7) is 6.60. The Labute approximate surface area is 97.8 Å². The smallest absolute Gasteiger partial charge is 0.224 e. The molecule has 0 spiro atoms. The first kappa shape index (κ1) is 13.0. The van der Waals surface area contributed by atoms with Crippen molar-refractivity contribution in [3.8, 4) is 6.07 Å². The zero-order chi connectivity index (χ0) is 12.1. The molecule has 0 bridgehead atoms. The second-order valence-corrected chi connectivity index (χ2v) is 4.61. The van der Waals surface area contributed by atoms with E-state index in [1.165, 1.54) is 0 Å². The van der Waals surface area contributed by atoms with Gasteiger partial charge in [-0.15, -0.1) is 0 Å². The number of carbonyl (C=O) groups excluding carboxylic acids is 1. The first-order valence-corrected chi connectivity index (χ1v) is 5.96. The lowest BCUT2D eigenvalue weighted by Crippen LogP contribution is -2.37. The minimum absolute atomic E-state index is 0.0959. The molecule has 0 radical (unpaired) electrons. The fourth-order valence-corrected chi connectivity index (χ4v) is 1.89. The van der Waals surface area contributed by atoms with Crippen molar-refractivity contribution < 1.29 is 4.79 Å². The van der Waals surface area contributed by atoms with Crippen LogP contribution in [0.3, 0.4) is 0 Å². The third-order valence-electron chi connectivity index (χ3n) is 3.46. The predicted molar refractivity (Wildman–Crippen MR) is 62.7 cm³/mol. The van der Waals surface area contributed by atoms with Crippen LogP contribution in [0.15, 0.2) is 0 Å². The maximum atomic E-state index is 11.6. The quantitative estimate of drug-likeness (QED) is 0.701. The molecular weight excluding hydrogens is 202 g/mol. The summed E-state index contributed by atoms with van der Waals surface area (Å²) in [6.07, 6.45) is 1.52. The van der Waals surface area contributed by atoms with Gasteiger partial charge >= 0.3 is 0 Å². The molecule has 1 rings (SSSR count). The molecule has 0 aromatic rings. The van der Waals surface area contributed by atoms with Crippen LogP contribution in [0.2, 0.25) is 0 Å². The van der Waals surface area contributed by atoms with Gasteiger partial charge in [0.15, 0.2) is 0 Å². The van der Waals surface area contributed by atoms with E-state index in [0.29, 0.717) is 19.0 Å². The molecule has 1 aliphatic heterocycles. The molecule has 2 unspecified atom stereocenters. The van der Waals surface area contributed by atoms with Gasteiger partial charge in [0.05, 0.1) is 12.0 Å². The Bertz CT molecular complexity index is 284. The average molecular weight is 223 g/mol. The van der Waals surface area contributed by atoms with Crippen LogP contribution in [0, 0.1) is 17.2 Å². The minimum Gasteiger partial charge on any atom is -0.340 e. The minimum atomic E-state index is -0.0959. The standard InChI is InChI=1S/C12H21N3O/c1-4-10(2)14(3)5-6-15-9-11(8-13)7-12(15)16/h10-11H,4-7,9H2,1-3H3. The maximum absolute atomic E-state index is 11.6. The number of likely N-dealkylation sites (N-methyl/N-ethyl adjacent to an activating group) is 1. The summed E-state index contributed by atoms with van der Waals surface area (Å²) in [7, 11) is 2.08. The molecule has 0 saturated carbocycles. The van der Waals surface area contributed by atoms with Gasteiger partial charge in [-0.1, -0.05) is 6.92 Å². The summed E-state index contributed by atoms with van der Waals surface area (Å²) in [4.78, 5) is 15.6. The molecule has 0 aromatic carbocycles. The molecule has 90 valence electrons. The van der Waals surface area contributed by atoms with Crippen molar-refractivity contribution >= 4 is 5.91 Å². The van der Waals surface area contributed by atoms with Crippen LogP contribution in [0.25, 0.3) is 0 Å². The topological polar surface area (TPSA) is 47.3 Å². The molecule has 1 heterocycles. The zero-order valence-electron chi connectivity index (χ0n) is 10.4. The lowest BCUT2D eigenvalue weighted by Gasteiger charge is -2.26. The van der Waals surface area contributed by atoms with Gasteiger partial charge in [0.1, 0.15) is 0 Å². The molecule has 1 saturated heterocycles. The highest BCUT2D eigenvalue weighted by Gasteiger charge is 2.29. The third kappa shape index (κ3) is 3.21. The van der Waals surface area contributed by atoms with E-state index in [0.717, 1.165) is 19.5 Å². The van der Waals surface area contributed by atoms with Crippen molar-refractivity contribution in [1.29, 1.82) is 5.26 Å². The Morgan fingerprint density at radius 1 is 1.69 bits per heavy atom.